The molecule has 0 aromatic heterocycles. The zero-order chi connectivity index (χ0) is 22.8. The summed E-state index contributed by atoms with van der Waals surface area (Å²) in [6, 6.07) is 13.0. The van der Waals surface area contributed by atoms with E-state index in [4.69, 9.17) is 0 Å². The standard InChI is InChI=1S/C22H30N6O4/c29-27(30)21-7-3-19(4-8-21)23-11-1-13-25-15-17-26(18-16-25)14-2-12-24-20-5-9-22(10-6-20)28(31)32/h3-10,23-24H,1-2,11-18H2. The minimum absolute atomic E-state index is 0.107. The fourth-order valence-electron chi connectivity index (χ4n) is 3.71. The number of piperazine rings is 1. The molecule has 0 spiro atoms. The monoisotopic (exact) mass is 442 g/mol. The van der Waals surface area contributed by atoms with Gasteiger partial charge in [-0.15, -0.1) is 0 Å². The zero-order valence-electron chi connectivity index (χ0n) is 18.1. The molecule has 0 saturated carbocycles. The molecule has 2 aromatic carbocycles. The van der Waals surface area contributed by atoms with E-state index in [1.807, 2.05) is 0 Å². The lowest BCUT2D eigenvalue weighted by Gasteiger charge is -2.34. The normalized spacial score (nSPS) is 14.8. The summed E-state index contributed by atoms with van der Waals surface area (Å²) < 4.78 is 0. The fourth-order valence-corrected chi connectivity index (χ4v) is 3.71. The van der Waals surface area contributed by atoms with Crippen LogP contribution in [0.4, 0.5) is 22.7 Å². The van der Waals surface area contributed by atoms with Crippen LogP contribution in [0.2, 0.25) is 0 Å². The van der Waals surface area contributed by atoms with Gasteiger partial charge in [-0.1, -0.05) is 0 Å². The van der Waals surface area contributed by atoms with Crippen LogP contribution >= 0.6 is 0 Å². The average Bonchev–Trinajstić information content (AvgIpc) is 2.81. The predicted octanol–water partition coefficient (Wildman–Crippen LogP) is 3.42. The van der Waals surface area contributed by atoms with Crippen LogP contribution in [0, 0.1) is 20.2 Å². The Kier molecular flexibility index (Phi) is 8.76. The van der Waals surface area contributed by atoms with Crippen molar-refractivity contribution in [2.75, 3.05) is 63.0 Å². The van der Waals surface area contributed by atoms with Crippen molar-refractivity contribution in [2.24, 2.45) is 0 Å². The molecule has 1 aliphatic rings. The van der Waals surface area contributed by atoms with Crippen molar-refractivity contribution >= 4 is 22.7 Å². The molecule has 1 aliphatic heterocycles. The van der Waals surface area contributed by atoms with Crippen LogP contribution in [0.15, 0.2) is 48.5 Å². The van der Waals surface area contributed by atoms with E-state index < -0.39 is 0 Å². The molecule has 10 heteroatoms. The van der Waals surface area contributed by atoms with E-state index in [9.17, 15) is 20.2 Å². The molecule has 0 aliphatic carbocycles. The van der Waals surface area contributed by atoms with E-state index in [1.165, 1.54) is 24.3 Å². The SMILES string of the molecule is O=[N+]([O-])c1ccc(NCCCN2CCN(CCCNc3ccc([N+](=O)[O-])cc3)CC2)cc1. The number of rotatable bonds is 12. The molecule has 10 nitrogen and oxygen atoms in total. The number of nitrogens with one attached hydrogen (secondary N) is 2. The van der Waals surface area contributed by atoms with Gasteiger partial charge in [0.1, 0.15) is 0 Å². The van der Waals surface area contributed by atoms with Gasteiger partial charge in [0, 0.05) is 74.9 Å². The number of non-ortho nitro benzene ring substituents is 2. The Morgan fingerprint density at radius 3 is 1.31 bits per heavy atom. The molecule has 172 valence electrons. The maximum Gasteiger partial charge on any atom is 0.269 e. The van der Waals surface area contributed by atoms with E-state index in [0.717, 1.165) is 76.6 Å². The minimum atomic E-state index is -0.390. The highest BCUT2D eigenvalue weighted by Gasteiger charge is 2.15. The second kappa shape index (κ2) is 12.0. The van der Waals surface area contributed by atoms with E-state index in [-0.39, 0.29) is 21.2 Å². The van der Waals surface area contributed by atoms with Crippen molar-refractivity contribution in [3.8, 4) is 0 Å². The second-order valence-corrected chi connectivity index (χ2v) is 7.85. The first-order chi connectivity index (χ1) is 15.5. The lowest BCUT2D eigenvalue weighted by Crippen LogP contribution is -2.47. The first-order valence-corrected chi connectivity index (χ1v) is 10.9. The molecule has 2 N–H and O–H groups in total. The zero-order valence-corrected chi connectivity index (χ0v) is 18.1. The Hall–Kier alpha value is -3.24. The topological polar surface area (TPSA) is 117 Å². The molecule has 2 aromatic rings. The van der Waals surface area contributed by atoms with Crippen molar-refractivity contribution in [3.05, 3.63) is 68.8 Å². The number of benzene rings is 2. The summed E-state index contributed by atoms with van der Waals surface area (Å²) in [5, 5.41) is 28.0. The molecule has 1 heterocycles. The van der Waals surface area contributed by atoms with E-state index in [0.29, 0.717) is 0 Å². The Morgan fingerprint density at radius 1 is 0.656 bits per heavy atom. The van der Waals surface area contributed by atoms with Crippen LogP contribution < -0.4 is 10.6 Å². The van der Waals surface area contributed by atoms with Crippen molar-refractivity contribution < 1.29 is 9.85 Å². The highest BCUT2D eigenvalue weighted by Crippen LogP contribution is 2.16. The van der Waals surface area contributed by atoms with Crippen LogP contribution in [0.5, 0.6) is 0 Å². The Labute approximate surface area is 187 Å². The first-order valence-electron chi connectivity index (χ1n) is 10.9. The summed E-state index contributed by atoms with van der Waals surface area (Å²) >= 11 is 0. The van der Waals surface area contributed by atoms with E-state index in [1.54, 1.807) is 24.3 Å². The van der Waals surface area contributed by atoms with Gasteiger partial charge >= 0.3 is 0 Å². The van der Waals surface area contributed by atoms with Crippen molar-refractivity contribution in [2.45, 2.75) is 12.8 Å². The van der Waals surface area contributed by atoms with Crippen LogP contribution in [0.3, 0.4) is 0 Å². The van der Waals surface area contributed by atoms with Gasteiger partial charge < -0.3 is 20.4 Å². The molecular formula is C22H30N6O4. The van der Waals surface area contributed by atoms with Gasteiger partial charge in [0.15, 0.2) is 0 Å². The van der Waals surface area contributed by atoms with Gasteiger partial charge in [0.25, 0.3) is 11.4 Å². The van der Waals surface area contributed by atoms with Gasteiger partial charge in [-0.05, 0) is 50.2 Å². The highest BCUT2D eigenvalue weighted by molar-refractivity contribution is 5.49. The smallest absolute Gasteiger partial charge is 0.269 e. The molecular weight excluding hydrogens is 412 g/mol. The minimum Gasteiger partial charge on any atom is -0.385 e. The predicted molar refractivity (Wildman–Crippen MR) is 125 cm³/mol. The summed E-state index contributed by atoms with van der Waals surface area (Å²) in [7, 11) is 0. The first kappa shape index (κ1) is 23.4. The van der Waals surface area contributed by atoms with E-state index in [2.05, 4.69) is 20.4 Å². The van der Waals surface area contributed by atoms with Crippen molar-refractivity contribution in [1.29, 1.82) is 0 Å². The van der Waals surface area contributed by atoms with Crippen LogP contribution in [0.25, 0.3) is 0 Å². The maximum absolute atomic E-state index is 10.7. The van der Waals surface area contributed by atoms with Gasteiger partial charge in [-0.3, -0.25) is 20.2 Å². The summed E-state index contributed by atoms with van der Waals surface area (Å²) in [6.45, 7) is 8.00. The summed E-state index contributed by atoms with van der Waals surface area (Å²) in [4.78, 5) is 25.5. The lowest BCUT2D eigenvalue weighted by atomic mass is 10.2. The molecule has 32 heavy (non-hydrogen) atoms. The molecule has 0 amide bonds. The van der Waals surface area contributed by atoms with Gasteiger partial charge in [-0.2, -0.15) is 0 Å². The summed E-state index contributed by atoms with van der Waals surface area (Å²) in [5.41, 5.74) is 2.02. The summed E-state index contributed by atoms with van der Waals surface area (Å²) in [6.07, 6.45) is 2.05. The highest BCUT2D eigenvalue weighted by atomic mass is 16.6. The molecule has 1 fully saturated rings. The van der Waals surface area contributed by atoms with Crippen LogP contribution in [-0.2, 0) is 0 Å². The largest absolute Gasteiger partial charge is 0.385 e. The summed E-state index contributed by atoms with van der Waals surface area (Å²) in [5.74, 6) is 0. The fraction of sp³-hybridized carbons (Fsp3) is 0.455. The van der Waals surface area contributed by atoms with Crippen molar-refractivity contribution in [1.82, 2.24) is 9.80 Å². The van der Waals surface area contributed by atoms with Crippen LogP contribution in [0.1, 0.15) is 12.8 Å². The number of nitro groups is 2. The quantitative estimate of drug-likeness (QED) is 0.292. The Morgan fingerprint density at radius 2 is 1.00 bits per heavy atom. The van der Waals surface area contributed by atoms with E-state index >= 15 is 0 Å². The number of nitrogens with zero attached hydrogens (tertiary/aromatic N) is 4. The molecule has 0 unspecified atom stereocenters. The molecule has 3 rings (SSSR count). The average molecular weight is 443 g/mol. The molecule has 1 saturated heterocycles. The van der Waals surface area contributed by atoms with Crippen molar-refractivity contribution in [3.63, 3.8) is 0 Å². The second-order valence-electron chi connectivity index (χ2n) is 7.85. The maximum atomic E-state index is 10.7. The number of anilines is 2. The molecule has 0 radical (unpaired) electrons. The Balaban J connectivity index is 1.23. The molecule has 0 bridgehead atoms. The number of hydrogen-bond acceptors (Lipinski definition) is 8. The van der Waals surface area contributed by atoms with Gasteiger partial charge in [0.05, 0.1) is 9.85 Å². The molecule has 0 atom stereocenters. The lowest BCUT2D eigenvalue weighted by molar-refractivity contribution is -0.385. The Bertz CT molecular complexity index is 793. The van der Waals surface area contributed by atoms with Gasteiger partial charge in [-0.25, -0.2) is 0 Å². The third-order valence-electron chi connectivity index (χ3n) is 5.58. The number of hydrogen-bond donors (Lipinski definition) is 2. The van der Waals surface area contributed by atoms with Gasteiger partial charge in [0.2, 0.25) is 0 Å². The van der Waals surface area contributed by atoms with Crippen LogP contribution in [-0.4, -0.2) is 72.0 Å². The number of nitro benzene ring substituents is 2. The third kappa shape index (κ3) is 7.47. The third-order valence-corrected chi connectivity index (χ3v) is 5.58.